The Hall–Kier alpha value is -0.570. The summed E-state index contributed by atoms with van der Waals surface area (Å²) in [7, 11) is 0. The number of fused-ring (bicyclic) bond motifs is 2. The van der Waals surface area contributed by atoms with E-state index in [0.717, 1.165) is 12.8 Å². The van der Waals surface area contributed by atoms with Crippen LogP contribution in [0.3, 0.4) is 0 Å². The molecule has 1 N–H and O–H groups in total. The topological polar surface area (TPSA) is 46.5 Å². The normalized spacial score (nSPS) is 46.9. The van der Waals surface area contributed by atoms with E-state index in [1.165, 1.54) is 6.92 Å². The number of carbonyl (C=O) groups excluding carboxylic acids is 1. The summed E-state index contributed by atoms with van der Waals surface area (Å²) in [5.41, 5.74) is -0.243. The van der Waals surface area contributed by atoms with Crippen molar-refractivity contribution in [2.24, 2.45) is 16.7 Å². The number of hydrogen-bond acceptors (Lipinski definition) is 3. The van der Waals surface area contributed by atoms with Crippen LogP contribution < -0.4 is 0 Å². The van der Waals surface area contributed by atoms with E-state index < -0.39 is 5.79 Å². The second-order valence-electron chi connectivity index (χ2n) is 5.87. The van der Waals surface area contributed by atoms with Crippen molar-refractivity contribution in [3.05, 3.63) is 0 Å². The van der Waals surface area contributed by atoms with Crippen molar-refractivity contribution in [1.82, 2.24) is 0 Å². The third-order valence-corrected chi connectivity index (χ3v) is 5.13. The average molecular weight is 212 g/mol. The molecule has 0 heterocycles. The van der Waals surface area contributed by atoms with Crippen LogP contribution in [0, 0.1) is 16.7 Å². The summed E-state index contributed by atoms with van der Waals surface area (Å²) in [5.74, 6) is -1.17. The van der Waals surface area contributed by atoms with Gasteiger partial charge in [-0.1, -0.05) is 20.8 Å². The minimum Gasteiger partial charge on any atom is -0.433 e. The van der Waals surface area contributed by atoms with Gasteiger partial charge < -0.3 is 9.84 Å². The van der Waals surface area contributed by atoms with E-state index in [9.17, 15) is 9.90 Å². The molecule has 0 aromatic heterocycles. The molecule has 2 rings (SSSR count). The Balaban J connectivity index is 2.36. The monoisotopic (exact) mass is 212 g/mol. The standard InChI is InChI=1S/C12H20O3/c1-8(13)15-12(14)7-9-5-6-11(12,4)10(9,2)3/h9,14H,5-7H2,1-4H3/t9-,11-,12-/m1/s1. The average Bonchev–Trinajstić information content (AvgIpc) is 2.34. The zero-order valence-corrected chi connectivity index (χ0v) is 9.96. The van der Waals surface area contributed by atoms with Crippen molar-refractivity contribution >= 4 is 5.97 Å². The van der Waals surface area contributed by atoms with E-state index >= 15 is 0 Å². The Morgan fingerprint density at radius 3 is 2.33 bits per heavy atom. The number of esters is 1. The van der Waals surface area contributed by atoms with Gasteiger partial charge in [0.05, 0.1) is 0 Å². The number of carbonyl (C=O) groups is 1. The molecule has 2 aliphatic carbocycles. The van der Waals surface area contributed by atoms with Gasteiger partial charge in [-0.2, -0.15) is 0 Å². The molecule has 0 amide bonds. The maximum absolute atomic E-state index is 11.1. The molecular weight excluding hydrogens is 192 g/mol. The van der Waals surface area contributed by atoms with Gasteiger partial charge in [0.2, 0.25) is 5.79 Å². The maximum Gasteiger partial charge on any atom is 0.305 e. The Bertz CT molecular complexity index is 310. The highest BCUT2D eigenvalue weighted by atomic mass is 16.7. The van der Waals surface area contributed by atoms with Crippen molar-refractivity contribution in [1.29, 1.82) is 0 Å². The van der Waals surface area contributed by atoms with E-state index in [-0.39, 0.29) is 16.8 Å². The van der Waals surface area contributed by atoms with E-state index in [2.05, 4.69) is 13.8 Å². The molecule has 0 aromatic carbocycles. The van der Waals surface area contributed by atoms with Crippen molar-refractivity contribution in [3.8, 4) is 0 Å². The lowest BCUT2D eigenvalue weighted by Crippen LogP contribution is -2.50. The van der Waals surface area contributed by atoms with Crippen LogP contribution in [-0.4, -0.2) is 16.9 Å². The van der Waals surface area contributed by atoms with Gasteiger partial charge in [0, 0.05) is 18.8 Å². The van der Waals surface area contributed by atoms with Crippen LogP contribution in [0.15, 0.2) is 0 Å². The summed E-state index contributed by atoms with van der Waals surface area (Å²) in [6.45, 7) is 7.75. The molecule has 2 aliphatic rings. The van der Waals surface area contributed by atoms with E-state index in [4.69, 9.17) is 4.74 Å². The van der Waals surface area contributed by atoms with Gasteiger partial charge in [-0.25, -0.2) is 0 Å². The highest BCUT2D eigenvalue weighted by Crippen LogP contribution is 2.69. The lowest BCUT2D eigenvalue weighted by Gasteiger charge is -2.43. The first-order valence-electron chi connectivity index (χ1n) is 5.65. The van der Waals surface area contributed by atoms with Crippen LogP contribution >= 0.6 is 0 Å². The predicted octanol–water partition coefficient (Wildman–Crippen LogP) is 2.08. The lowest BCUT2D eigenvalue weighted by molar-refractivity contribution is -0.259. The van der Waals surface area contributed by atoms with Crippen molar-refractivity contribution in [3.63, 3.8) is 0 Å². The van der Waals surface area contributed by atoms with Crippen molar-refractivity contribution in [2.45, 2.75) is 52.7 Å². The summed E-state index contributed by atoms with van der Waals surface area (Å²) in [5, 5.41) is 10.5. The van der Waals surface area contributed by atoms with E-state index in [0.29, 0.717) is 12.3 Å². The Morgan fingerprint density at radius 2 is 2.00 bits per heavy atom. The molecule has 86 valence electrons. The minimum atomic E-state index is -1.24. The van der Waals surface area contributed by atoms with Crippen molar-refractivity contribution < 1.29 is 14.6 Å². The zero-order chi connectivity index (χ0) is 11.5. The van der Waals surface area contributed by atoms with Crippen LogP contribution in [0.4, 0.5) is 0 Å². The molecule has 3 heteroatoms. The van der Waals surface area contributed by atoms with Gasteiger partial charge in [0.1, 0.15) is 0 Å². The van der Waals surface area contributed by atoms with Crippen LogP contribution in [-0.2, 0) is 9.53 Å². The molecular formula is C12H20O3. The molecule has 0 radical (unpaired) electrons. The third-order valence-electron chi connectivity index (χ3n) is 5.13. The van der Waals surface area contributed by atoms with Crippen LogP contribution in [0.25, 0.3) is 0 Å². The first-order chi connectivity index (χ1) is 6.73. The Morgan fingerprint density at radius 1 is 1.40 bits per heavy atom. The van der Waals surface area contributed by atoms with Crippen molar-refractivity contribution in [2.75, 3.05) is 0 Å². The molecule has 3 atom stereocenters. The van der Waals surface area contributed by atoms with Gasteiger partial charge in [0.15, 0.2) is 0 Å². The molecule has 0 unspecified atom stereocenters. The summed E-state index contributed by atoms with van der Waals surface area (Å²) < 4.78 is 5.19. The summed E-state index contributed by atoms with van der Waals surface area (Å²) in [6.07, 6.45) is 2.66. The largest absolute Gasteiger partial charge is 0.433 e. The third kappa shape index (κ3) is 1.13. The SMILES string of the molecule is CC(=O)O[C@]1(O)C[C@H]2CC[C@]1(C)C2(C)C. The van der Waals surface area contributed by atoms with Crippen LogP contribution in [0.2, 0.25) is 0 Å². The number of hydrogen-bond donors (Lipinski definition) is 1. The molecule has 2 saturated carbocycles. The first-order valence-corrected chi connectivity index (χ1v) is 5.65. The second-order valence-corrected chi connectivity index (χ2v) is 5.87. The van der Waals surface area contributed by atoms with Crippen LogP contribution in [0.1, 0.15) is 47.0 Å². The fourth-order valence-electron chi connectivity index (χ4n) is 3.60. The van der Waals surface area contributed by atoms with Gasteiger partial charge in [-0.05, 0) is 24.2 Å². The van der Waals surface area contributed by atoms with Gasteiger partial charge in [-0.15, -0.1) is 0 Å². The highest BCUT2D eigenvalue weighted by molar-refractivity contribution is 5.66. The van der Waals surface area contributed by atoms with Gasteiger partial charge in [0.25, 0.3) is 0 Å². The molecule has 2 fully saturated rings. The fraction of sp³-hybridized carbons (Fsp3) is 0.917. The number of aliphatic hydroxyl groups is 1. The van der Waals surface area contributed by atoms with Gasteiger partial charge >= 0.3 is 5.97 Å². The molecule has 3 nitrogen and oxygen atoms in total. The predicted molar refractivity (Wildman–Crippen MR) is 55.9 cm³/mol. The quantitative estimate of drug-likeness (QED) is 0.534. The minimum absolute atomic E-state index is 0.0528. The Labute approximate surface area is 90.8 Å². The molecule has 2 bridgehead atoms. The molecule has 15 heavy (non-hydrogen) atoms. The summed E-state index contributed by atoms with van der Waals surface area (Å²) in [4.78, 5) is 11.1. The zero-order valence-electron chi connectivity index (χ0n) is 9.96. The molecule has 0 aromatic rings. The Kier molecular flexibility index (Phi) is 2.01. The maximum atomic E-state index is 11.1. The lowest BCUT2D eigenvalue weighted by atomic mass is 9.68. The summed E-state index contributed by atoms with van der Waals surface area (Å²) >= 11 is 0. The summed E-state index contributed by atoms with van der Waals surface area (Å²) in [6, 6.07) is 0. The molecule has 0 saturated heterocycles. The first kappa shape index (κ1) is 10.9. The number of ether oxygens (including phenoxy) is 1. The number of rotatable bonds is 1. The smallest absolute Gasteiger partial charge is 0.305 e. The fourth-order valence-corrected chi connectivity index (χ4v) is 3.60. The van der Waals surface area contributed by atoms with E-state index in [1.54, 1.807) is 0 Å². The highest BCUT2D eigenvalue weighted by Gasteiger charge is 2.70. The van der Waals surface area contributed by atoms with E-state index in [1.807, 2.05) is 6.92 Å². The second kappa shape index (κ2) is 2.76. The molecule has 0 spiro atoms. The van der Waals surface area contributed by atoms with Gasteiger partial charge in [-0.3, -0.25) is 4.79 Å². The molecule has 0 aliphatic heterocycles. The van der Waals surface area contributed by atoms with Crippen LogP contribution in [0.5, 0.6) is 0 Å².